The topological polar surface area (TPSA) is 26.0 Å². The van der Waals surface area contributed by atoms with Gasteiger partial charge in [0.1, 0.15) is 0 Å². The van der Waals surface area contributed by atoms with Crippen LogP contribution in [0, 0.1) is 0 Å². The van der Waals surface area contributed by atoms with Crippen molar-refractivity contribution in [1.82, 2.24) is 0 Å². The minimum absolute atomic E-state index is 0.0718. The lowest BCUT2D eigenvalue weighted by Gasteiger charge is -2.20. The third-order valence-electron chi connectivity index (χ3n) is 0.854. The van der Waals surface area contributed by atoms with Gasteiger partial charge in [0.15, 0.2) is 0 Å². The van der Waals surface area contributed by atoms with Crippen molar-refractivity contribution in [1.29, 1.82) is 0 Å². The van der Waals surface area contributed by atoms with E-state index in [0.29, 0.717) is 0 Å². The molecule has 0 rings (SSSR count). The summed E-state index contributed by atoms with van der Waals surface area (Å²) >= 11 is 9.80. The number of rotatable bonds is 0. The van der Waals surface area contributed by atoms with Crippen LogP contribution >= 0.6 is 0 Å². The fourth-order valence-corrected chi connectivity index (χ4v) is 0. The molecule has 0 fully saturated rings. The van der Waals surface area contributed by atoms with Gasteiger partial charge in [-0.3, -0.25) is 5.14 Å². The van der Waals surface area contributed by atoms with Crippen molar-refractivity contribution in [2.24, 2.45) is 5.14 Å². The molecule has 4 heteroatoms. The molecule has 8 heavy (non-hydrogen) atoms. The Morgan fingerprint density at radius 3 is 1.38 bits per heavy atom. The summed E-state index contributed by atoms with van der Waals surface area (Å²) in [5, 5.41) is 5.53. The highest BCUT2D eigenvalue weighted by Crippen LogP contribution is 2.10. The summed E-state index contributed by atoms with van der Waals surface area (Å²) in [6, 6.07) is 0. The van der Waals surface area contributed by atoms with Gasteiger partial charge in [-0.05, 0) is 50.5 Å². The van der Waals surface area contributed by atoms with Gasteiger partial charge in [0.05, 0.1) is 0 Å². The van der Waals surface area contributed by atoms with E-state index in [2.05, 4.69) is 0 Å². The fourth-order valence-electron chi connectivity index (χ4n) is 0. The summed E-state index contributed by atoms with van der Waals surface area (Å²) in [5.74, 6) is 0. The van der Waals surface area contributed by atoms with E-state index in [9.17, 15) is 0 Å². The molecule has 0 bridgehead atoms. The summed E-state index contributed by atoms with van der Waals surface area (Å²) in [4.78, 5) is 0. The molecule has 0 saturated carbocycles. The molecule has 0 heterocycles. The van der Waals surface area contributed by atoms with Gasteiger partial charge in [0.25, 0.3) is 0 Å². The van der Waals surface area contributed by atoms with Crippen LogP contribution in [-0.2, 0) is 29.7 Å². The summed E-state index contributed by atoms with van der Waals surface area (Å²) in [6.45, 7) is 5.92. The standard InChI is InChI=1S/C4H11NS3/c1-4(2,3)8(5,6)7/h1-3H3,(H2,5,6,7). The highest BCUT2D eigenvalue weighted by Gasteiger charge is 2.16. The zero-order valence-corrected chi connectivity index (χ0v) is 7.75. The predicted octanol–water partition coefficient (Wildman–Crippen LogP) is 0.736. The quantitative estimate of drug-likeness (QED) is 0.579. The van der Waals surface area contributed by atoms with Crippen LogP contribution in [0.2, 0.25) is 0 Å². The van der Waals surface area contributed by atoms with E-state index in [1.54, 1.807) is 0 Å². The van der Waals surface area contributed by atoms with Crippen LogP contribution in [0.25, 0.3) is 0 Å². The van der Waals surface area contributed by atoms with Gasteiger partial charge in [-0.1, -0.05) is 0 Å². The van der Waals surface area contributed by atoms with E-state index in [0.717, 1.165) is 0 Å². The molecule has 1 nitrogen and oxygen atoms in total. The van der Waals surface area contributed by atoms with E-state index in [1.165, 1.54) is 0 Å². The molecule has 0 aromatic rings. The van der Waals surface area contributed by atoms with Gasteiger partial charge in [0, 0.05) is 4.75 Å². The van der Waals surface area contributed by atoms with Gasteiger partial charge >= 0.3 is 0 Å². The third kappa shape index (κ3) is 2.35. The molecule has 0 amide bonds. The van der Waals surface area contributed by atoms with E-state index in [4.69, 9.17) is 27.5 Å². The van der Waals surface area contributed by atoms with Crippen molar-refractivity contribution in [3.05, 3.63) is 0 Å². The van der Waals surface area contributed by atoms with Crippen LogP contribution in [0.5, 0.6) is 0 Å². The molecule has 0 unspecified atom stereocenters. The van der Waals surface area contributed by atoms with E-state index in [-0.39, 0.29) is 4.75 Å². The monoisotopic (exact) mass is 169 g/mol. The first-order chi connectivity index (χ1) is 3.25. The minimum Gasteiger partial charge on any atom is -0.271 e. The largest absolute Gasteiger partial charge is 0.271 e. The van der Waals surface area contributed by atoms with Crippen LogP contribution in [0.3, 0.4) is 0 Å². The Morgan fingerprint density at radius 2 is 1.38 bits per heavy atom. The van der Waals surface area contributed by atoms with E-state index < -0.39 is 7.33 Å². The summed E-state index contributed by atoms with van der Waals surface area (Å²) in [6.07, 6.45) is 0. The summed E-state index contributed by atoms with van der Waals surface area (Å²) in [5.41, 5.74) is 0. The normalized spacial score (nSPS) is 14.0. The Morgan fingerprint density at radius 1 is 1.25 bits per heavy atom. The Bertz CT molecular complexity index is 160. The number of hydrogen-bond acceptors (Lipinski definition) is 2. The van der Waals surface area contributed by atoms with Gasteiger partial charge in [-0.15, -0.1) is 0 Å². The van der Waals surface area contributed by atoms with Crippen LogP contribution < -0.4 is 5.14 Å². The molecule has 50 valence electrons. The molecule has 0 aromatic carbocycles. The van der Waals surface area contributed by atoms with E-state index in [1.807, 2.05) is 20.8 Å². The van der Waals surface area contributed by atoms with Crippen molar-refractivity contribution in [2.45, 2.75) is 25.5 Å². The first-order valence-electron chi connectivity index (χ1n) is 2.27. The minimum atomic E-state index is -1.67. The van der Waals surface area contributed by atoms with Gasteiger partial charge in [0.2, 0.25) is 0 Å². The zero-order valence-electron chi connectivity index (χ0n) is 5.30. The smallest absolute Gasteiger partial charge is 0.0286 e. The molecule has 0 aliphatic heterocycles. The van der Waals surface area contributed by atoms with E-state index >= 15 is 0 Å². The van der Waals surface area contributed by atoms with Crippen molar-refractivity contribution < 1.29 is 0 Å². The lowest BCUT2D eigenvalue weighted by Crippen LogP contribution is -2.32. The average Bonchev–Trinajstić information content (AvgIpc) is 1.25. The van der Waals surface area contributed by atoms with Crippen LogP contribution in [0.15, 0.2) is 0 Å². The van der Waals surface area contributed by atoms with Crippen LogP contribution in [0.1, 0.15) is 20.8 Å². The Labute approximate surface area is 60.6 Å². The van der Waals surface area contributed by atoms with Gasteiger partial charge in [-0.2, -0.15) is 0 Å². The molecular weight excluding hydrogens is 158 g/mol. The maximum absolute atomic E-state index is 5.53. The predicted molar refractivity (Wildman–Crippen MR) is 46.0 cm³/mol. The second-order valence-electron chi connectivity index (χ2n) is 2.66. The number of hydrogen-bond donors (Lipinski definition) is 1. The maximum Gasteiger partial charge on any atom is 0.0286 e. The van der Waals surface area contributed by atoms with Crippen LogP contribution in [0.4, 0.5) is 0 Å². The van der Waals surface area contributed by atoms with Gasteiger partial charge in [-0.25, -0.2) is 0 Å². The molecular formula is C4H11NS3. The Kier molecular flexibility index (Phi) is 2.38. The average molecular weight is 169 g/mol. The second-order valence-corrected chi connectivity index (χ2v) is 8.76. The van der Waals surface area contributed by atoms with Crippen molar-refractivity contribution in [3.63, 3.8) is 0 Å². The summed E-state index contributed by atoms with van der Waals surface area (Å²) in [7, 11) is -1.67. The molecule has 0 saturated heterocycles. The SMILES string of the molecule is CC(C)(C)S(N)(=S)=S. The fraction of sp³-hybridized carbons (Fsp3) is 1.00. The molecule has 0 radical (unpaired) electrons. The third-order valence-corrected chi connectivity index (χ3v) is 5.56. The first-order valence-corrected chi connectivity index (χ1v) is 5.82. The molecule has 0 aliphatic rings. The molecule has 2 N–H and O–H groups in total. The second kappa shape index (κ2) is 2.17. The lowest BCUT2D eigenvalue weighted by molar-refractivity contribution is 0.799. The van der Waals surface area contributed by atoms with Gasteiger partial charge < -0.3 is 0 Å². The van der Waals surface area contributed by atoms with Crippen molar-refractivity contribution >= 4 is 29.7 Å². The molecule has 0 atom stereocenters. The number of nitrogens with two attached hydrogens (primary N) is 1. The summed E-state index contributed by atoms with van der Waals surface area (Å²) < 4.78 is -0.0718. The Balaban J connectivity index is 4.53. The molecule has 0 spiro atoms. The van der Waals surface area contributed by atoms with Crippen molar-refractivity contribution in [2.75, 3.05) is 0 Å². The molecule has 0 aliphatic carbocycles. The molecule has 0 aromatic heterocycles. The highest BCUT2D eigenvalue weighted by atomic mass is 33.1. The van der Waals surface area contributed by atoms with Crippen LogP contribution in [-0.4, -0.2) is 4.75 Å². The lowest BCUT2D eigenvalue weighted by atomic mass is 10.3. The maximum atomic E-state index is 5.53. The highest BCUT2D eigenvalue weighted by molar-refractivity contribution is 8.55. The zero-order chi connectivity index (χ0) is 7.00. The Hall–Kier alpha value is 0.750. The van der Waals surface area contributed by atoms with Crippen molar-refractivity contribution in [3.8, 4) is 0 Å². The first kappa shape index (κ1) is 8.75.